The van der Waals surface area contributed by atoms with Crippen LogP contribution >= 0.6 is 0 Å². The van der Waals surface area contributed by atoms with E-state index in [0.717, 1.165) is 11.1 Å². The van der Waals surface area contributed by atoms with Crippen molar-refractivity contribution in [2.24, 2.45) is 0 Å². The Balaban J connectivity index is 0.000000408. The van der Waals surface area contributed by atoms with Crippen LogP contribution in [0.2, 0.25) is 0 Å². The number of benzene rings is 1. The number of allylic oxidation sites excluding steroid dienone is 1. The molecule has 0 bridgehead atoms. The predicted octanol–water partition coefficient (Wildman–Crippen LogP) is 3.47. The summed E-state index contributed by atoms with van der Waals surface area (Å²) in [6.45, 7) is 8.05. The summed E-state index contributed by atoms with van der Waals surface area (Å²) in [4.78, 5) is 34.6. The fourth-order valence-electron chi connectivity index (χ4n) is 2.30. The molecule has 0 spiro atoms. The van der Waals surface area contributed by atoms with E-state index in [1.165, 1.54) is 6.42 Å². The van der Waals surface area contributed by atoms with Gasteiger partial charge >= 0.3 is 0 Å². The minimum Gasteiger partial charge on any atom is -0.294 e. The molecule has 0 atom stereocenters. The zero-order chi connectivity index (χ0) is 14.2. The number of carbonyl (C=O) groups is 3. The minimum atomic E-state index is -0.187. The van der Waals surface area contributed by atoms with Crippen LogP contribution in [-0.2, 0) is 0 Å². The predicted molar refractivity (Wildman–Crippen MR) is 73.7 cm³/mol. The molecule has 0 radical (unpaired) electrons. The largest absolute Gasteiger partial charge is 0.294 e. The fraction of sp³-hybridized carbons (Fsp3) is 0.312. The van der Waals surface area contributed by atoms with Gasteiger partial charge in [-0.1, -0.05) is 26.8 Å². The van der Waals surface area contributed by atoms with Gasteiger partial charge in [-0.3, -0.25) is 14.4 Å². The lowest BCUT2D eigenvalue weighted by atomic mass is 10.0. The first kappa shape index (κ1) is 13.4. The summed E-state index contributed by atoms with van der Waals surface area (Å²) in [7, 11) is 0. The number of hydrogen-bond donors (Lipinski definition) is 0. The van der Waals surface area contributed by atoms with Gasteiger partial charge in [-0.15, -0.1) is 0 Å². The van der Waals surface area contributed by atoms with Crippen LogP contribution in [0.1, 0.15) is 69.7 Å². The SMILES string of the molecule is C=C1CC(=O)c2cc3c(cc21)C(=O)CC3=O.CCC. The second-order valence-electron chi connectivity index (χ2n) is 4.88. The zero-order valence-electron chi connectivity index (χ0n) is 11.2. The van der Waals surface area contributed by atoms with Gasteiger partial charge in [0.15, 0.2) is 17.3 Å². The van der Waals surface area contributed by atoms with Crippen LogP contribution in [0, 0.1) is 0 Å². The van der Waals surface area contributed by atoms with Gasteiger partial charge in [0.2, 0.25) is 0 Å². The number of ketones is 3. The zero-order valence-corrected chi connectivity index (χ0v) is 11.2. The van der Waals surface area contributed by atoms with Crippen molar-refractivity contribution < 1.29 is 14.4 Å². The van der Waals surface area contributed by atoms with Crippen molar-refractivity contribution >= 4 is 22.9 Å². The van der Waals surface area contributed by atoms with Crippen molar-refractivity contribution in [3.63, 3.8) is 0 Å². The van der Waals surface area contributed by atoms with Crippen molar-refractivity contribution in [2.75, 3.05) is 0 Å². The van der Waals surface area contributed by atoms with E-state index in [2.05, 4.69) is 20.4 Å². The van der Waals surface area contributed by atoms with Crippen molar-refractivity contribution in [1.82, 2.24) is 0 Å². The molecule has 0 unspecified atom stereocenters. The summed E-state index contributed by atoms with van der Waals surface area (Å²) in [6.07, 6.45) is 1.47. The normalized spacial score (nSPS) is 16.1. The number of hydrogen-bond acceptors (Lipinski definition) is 3. The van der Waals surface area contributed by atoms with Crippen LogP contribution in [0.3, 0.4) is 0 Å². The number of carbonyl (C=O) groups excluding carboxylic acids is 3. The Bertz CT molecular complexity index is 508. The first-order chi connectivity index (χ1) is 8.99. The lowest BCUT2D eigenvalue weighted by Gasteiger charge is -2.02. The molecule has 19 heavy (non-hydrogen) atoms. The van der Waals surface area contributed by atoms with Gasteiger partial charge in [-0.25, -0.2) is 0 Å². The van der Waals surface area contributed by atoms with Crippen LogP contribution in [0.5, 0.6) is 0 Å². The Morgan fingerprint density at radius 1 is 0.842 bits per heavy atom. The number of rotatable bonds is 0. The van der Waals surface area contributed by atoms with E-state index in [0.29, 0.717) is 23.1 Å². The molecule has 0 amide bonds. The second kappa shape index (κ2) is 4.92. The quantitative estimate of drug-likeness (QED) is 0.668. The molecule has 1 aromatic carbocycles. The van der Waals surface area contributed by atoms with E-state index in [1.807, 2.05) is 0 Å². The molecule has 0 heterocycles. The van der Waals surface area contributed by atoms with Crippen LogP contribution in [0.25, 0.3) is 5.57 Å². The fourth-order valence-corrected chi connectivity index (χ4v) is 2.30. The van der Waals surface area contributed by atoms with Gasteiger partial charge in [0, 0.05) is 23.1 Å². The highest BCUT2D eigenvalue weighted by Gasteiger charge is 2.32. The summed E-state index contributed by atoms with van der Waals surface area (Å²) in [5, 5.41) is 0. The lowest BCUT2D eigenvalue weighted by Crippen LogP contribution is -1.97. The van der Waals surface area contributed by atoms with E-state index in [9.17, 15) is 14.4 Å². The Morgan fingerprint density at radius 3 is 1.74 bits per heavy atom. The minimum absolute atomic E-state index is 0.0186. The summed E-state index contributed by atoms with van der Waals surface area (Å²) in [6, 6.07) is 3.20. The second-order valence-corrected chi connectivity index (χ2v) is 4.88. The Morgan fingerprint density at radius 2 is 1.21 bits per heavy atom. The van der Waals surface area contributed by atoms with Crippen molar-refractivity contribution in [1.29, 1.82) is 0 Å². The van der Waals surface area contributed by atoms with Gasteiger partial charge in [0.25, 0.3) is 0 Å². The monoisotopic (exact) mass is 256 g/mol. The average molecular weight is 256 g/mol. The van der Waals surface area contributed by atoms with Crippen molar-refractivity contribution in [2.45, 2.75) is 33.1 Å². The molecule has 0 fully saturated rings. The molecule has 2 aliphatic carbocycles. The van der Waals surface area contributed by atoms with Gasteiger partial charge < -0.3 is 0 Å². The highest BCUT2D eigenvalue weighted by molar-refractivity contribution is 6.26. The van der Waals surface area contributed by atoms with E-state index in [-0.39, 0.29) is 23.8 Å². The molecule has 3 heteroatoms. The lowest BCUT2D eigenvalue weighted by molar-refractivity contribution is 0.0922. The van der Waals surface area contributed by atoms with Crippen LogP contribution in [-0.4, -0.2) is 17.3 Å². The third-order valence-corrected chi connectivity index (χ3v) is 3.13. The van der Waals surface area contributed by atoms with Gasteiger partial charge in [-0.2, -0.15) is 0 Å². The van der Waals surface area contributed by atoms with Gasteiger partial charge in [-0.05, 0) is 23.3 Å². The molecule has 98 valence electrons. The topological polar surface area (TPSA) is 51.2 Å². The molecule has 3 nitrogen and oxygen atoms in total. The highest BCUT2D eigenvalue weighted by atomic mass is 16.2. The molecular formula is C16H16O3. The number of fused-ring (bicyclic) bond motifs is 2. The van der Waals surface area contributed by atoms with Crippen molar-refractivity contribution in [3.05, 3.63) is 41.0 Å². The van der Waals surface area contributed by atoms with Crippen LogP contribution < -0.4 is 0 Å². The summed E-state index contributed by atoms with van der Waals surface area (Å²) in [5.74, 6) is -0.363. The molecule has 3 rings (SSSR count). The third kappa shape index (κ3) is 2.16. The first-order valence-electron chi connectivity index (χ1n) is 6.45. The van der Waals surface area contributed by atoms with Crippen LogP contribution in [0.4, 0.5) is 0 Å². The standard InChI is InChI=1S/C13H8O3.C3H8/c1-6-2-11(14)8-4-10-9(3-7(6)8)12(15)5-13(10)16;1-3-2/h3-4H,1-2,5H2;3H2,1-2H3. The first-order valence-corrected chi connectivity index (χ1v) is 6.45. The summed E-state index contributed by atoms with van der Waals surface area (Å²) < 4.78 is 0. The van der Waals surface area contributed by atoms with Crippen LogP contribution in [0.15, 0.2) is 18.7 Å². The Hall–Kier alpha value is -2.03. The average Bonchev–Trinajstić information content (AvgIpc) is 2.79. The third-order valence-electron chi connectivity index (χ3n) is 3.13. The maximum Gasteiger partial charge on any atom is 0.171 e. The van der Waals surface area contributed by atoms with Gasteiger partial charge in [0.05, 0.1) is 6.42 Å². The Kier molecular flexibility index (Phi) is 3.47. The highest BCUT2D eigenvalue weighted by Crippen LogP contribution is 2.35. The molecule has 0 aliphatic heterocycles. The molecule has 2 aliphatic rings. The van der Waals surface area contributed by atoms with E-state index in [4.69, 9.17) is 0 Å². The molecule has 0 saturated carbocycles. The number of Topliss-reactive ketones (excluding diaryl/α,β-unsaturated/α-hetero) is 3. The maximum atomic E-state index is 11.6. The Labute approximate surface area is 112 Å². The van der Waals surface area contributed by atoms with E-state index < -0.39 is 0 Å². The summed E-state index contributed by atoms with van der Waals surface area (Å²) >= 11 is 0. The van der Waals surface area contributed by atoms with Gasteiger partial charge in [0.1, 0.15) is 0 Å². The van der Waals surface area contributed by atoms with E-state index in [1.54, 1.807) is 12.1 Å². The van der Waals surface area contributed by atoms with E-state index >= 15 is 0 Å². The summed E-state index contributed by atoms with van der Waals surface area (Å²) in [5.41, 5.74) is 2.83. The maximum absolute atomic E-state index is 11.6. The molecule has 0 saturated heterocycles. The molecule has 1 aromatic rings. The molecule has 0 aromatic heterocycles. The smallest absolute Gasteiger partial charge is 0.171 e. The van der Waals surface area contributed by atoms with Crippen molar-refractivity contribution in [3.8, 4) is 0 Å². The molecule has 0 N–H and O–H groups in total. The molecular weight excluding hydrogens is 240 g/mol.